The molecule has 0 saturated carbocycles. The molecule has 0 bridgehead atoms. The molecule has 0 aliphatic carbocycles. The lowest BCUT2D eigenvalue weighted by Gasteiger charge is -2.17. The van der Waals surface area contributed by atoms with Gasteiger partial charge in [0, 0.05) is 0 Å². The number of hydrogen-bond acceptors (Lipinski definition) is 2. The number of fused-ring (bicyclic) bond motifs is 1. The molecule has 2 N–H and O–H groups in total. The number of aryl methyl sites for hydroxylation is 1. The van der Waals surface area contributed by atoms with E-state index in [1.165, 1.54) is 11.1 Å². The van der Waals surface area contributed by atoms with Crippen molar-refractivity contribution in [3.8, 4) is 5.75 Å². The van der Waals surface area contributed by atoms with Gasteiger partial charge in [-0.2, -0.15) is 0 Å². The number of nitrogens with two attached hydrogens (primary N) is 1. The topological polar surface area (TPSA) is 35.2 Å². The van der Waals surface area contributed by atoms with Crippen molar-refractivity contribution >= 4 is 0 Å². The highest BCUT2D eigenvalue weighted by Gasteiger charge is 2.09. The van der Waals surface area contributed by atoms with Crippen LogP contribution in [0.25, 0.3) is 0 Å². The fourth-order valence-corrected chi connectivity index (χ4v) is 1.74. The average Bonchev–Trinajstić information content (AvgIpc) is 2.32. The molecule has 0 atom stereocenters. The third-order valence-electron chi connectivity index (χ3n) is 2.41. The Morgan fingerprint density at radius 3 is 2.87 bits per heavy atom. The third kappa shape index (κ3) is 3.24. The zero-order valence-electron chi connectivity index (χ0n) is 9.75. The van der Waals surface area contributed by atoms with Gasteiger partial charge in [-0.25, -0.2) is 0 Å². The molecule has 0 unspecified atom stereocenters. The molecule has 2 heteroatoms. The van der Waals surface area contributed by atoms with Gasteiger partial charge in [0.15, 0.2) is 0 Å². The molecule has 84 valence electrons. The zero-order valence-corrected chi connectivity index (χ0v) is 9.75. The van der Waals surface area contributed by atoms with Gasteiger partial charge >= 0.3 is 0 Å². The first kappa shape index (κ1) is 12.1. The van der Waals surface area contributed by atoms with Gasteiger partial charge in [-0.05, 0) is 43.0 Å². The van der Waals surface area contributed by atoms with Crippen molar-refractivity contribution < 1.29 is 4.74 Å². The van der Waals surface area contributed by atoms with E-state index in [1.54, 1.807) is 0 Å². The van der Waals surface area contributed by atoms with E-state index >= 15 is 0 Å². The second-order valence-corrected chi connectivity index (χ2v) is 3.43. The van der Waals surface area contributed by atoms with Crippen LogP contribution in [0.3, 0.4) is 0 Å². The summed E-state index contributed by atoms with van der Waals surface area (Å²) in [6.45, 7) is 5.59. The van der Waals surface area contributed by atoms with Gasteiger partial charge in [0.25, 0.3) is 0 Å². The molecular formula is C13H21NO. The normalized spacial score (nSPS) is 13.3. The smallest absolute Gasteiger partial charge is 0.122 e. The first-order valence-electron chi connectivity index (χ1n) is 5.85. The minimum Gasteiger partial charge on any atom is -0.493 e. The first-order chi connectivity index (χ1) is 7.40. The molecule has 0 fully saturated rings. The number of rotatable bonds is 2. The van der Waals surface area contributed by atoms with Crippen molar-refractivity contribution in [2.45, 2.75) is 33.1 Å². The lowest BCUT2D eigenvalue weighted by molar-refractivity contribution is 0.288. The standard InChI is InChI=1S/C11H15NO.C2H6/c12-6-5-9-3-4-11-10(8-9)2-1-7-13-11;1-2/h3-4,8H,1-2,5-7,12H2;1-2H3. The second-order valence-electron chi connectivity index (χ2n) is 3.43. The van der Waals surface area contributed by atoms with Crippen LogP contribution in [0.2, 0.25) is 0 Å². The van der Waals surface area contributed by atoms with Gasteiger partial charge in [0.1, 0.15) is 5.75 Å². The van der Waals surface area contributed by atoms with Gasteiger partial charge in [-0.3, -0.25) is 0 Å². The first-order valence-corrected chi connectivity index (χ1v) is 5.85. The Kier molecular flexibility index (Phi) is 5.19. The Balaban J connectivity index is 0.000000531. The van der Waals surface area contributed by atoms with E-state index in [-0.39, 0.29) is 0 Å². The summed E-state index contributed by atoms with van der Waals surface area (Å²) >= 11 is 0. The van der Waals surface area contributed by atoms with Crippen LogP contribution < -0.4 is 10.5 Å². The molecule has 0 saturated heterocycles. The number of benzene rings is 1. The maximum atomic E-state index is 5.53. The van der Waals surface area contributed by atoms with Crippen LogP contribution in [0.4, 0.5) is 0 Å². The van der Waals surface area contributed by atoms with Crippen LogP contribution in [-0.4, -0.2) is 13.2 Å². The van der Waals surface area contributed by atoms with Crippen molar-refractivity contribution in [3.05, 3.63) is 29.3 Å². The lowest BCUT2D eigenvalue weighted by Crippen LogP contribution is -2.09. The molecule has 1 aliphatic heterocycles. The third-order valence-corrected chi connectivity index (χ3v) is 2.41. The molecular weight excluding hydrogens is 186 g/mol. The highest BCUT2D eigenvalue weighted by atomic mass is 16.5. The number of ether oxygens (including phenoxy) is 1. The van der Waals surface area contributed by atoms with Gasteiger partial charge in [0.05, 0.1) is 6.61 Å². The fourth-order valence-electron chi connectivity index (χ4n) is 1.74. The van der Waals surface area contributed by atoms with Gasteiger partial charge in [0.2, 0.25) is 0 Å². The Morgan fingerprint density at radius 1 is 1.33 bits per heavy atom. The predicted octanol–water partition coefficient (Wildman–Crippen LogP) is 2.54. The summed E-state index contributed by atoms with van der Waals surface area (Å²) in [5, 5.41) is 0. The van der Waals surface area contributed by atoms with E-state index in [2.05, 4.69) is 18.2 Å². The molecule has 2 rings (SSSR count). The van der Waals surface area contributed by atoms with Crippen LogP contribution in [0.1, 0.15) is 31.4 Å². The summed E-state index contributed by atoms with van der Waals surface area (Å²) < 4.78 is 5.53. The minimum atomic E-state index is 0.722. The monoisotopic (exact) mass is 207 g/mol. The molecule has 15 heavy (non-hydrogen) atoms. The predicted molar refractivity (Wildman–Crippen MR) is 64.4 cm³/mol. The van der Waals surface area contributed by atoms with Crippen LogP contribution in [0, 0.1) is 0 Å². The van der Waals surface area contributed by atoms with Crippen molar-refractivity contribution in [2.24, 2.45) is 5.73 Å². The molecule has 1 heterocycles. The van der Waals surface area contributed by atoms with Gasteiger partial charge < -0.3 is 10.5 Å². The molecule has 1 aromatic carbocycles. The van der Waals surface area contributed by atoms with E-state index in [1.807, 2.05) is 13.8 Å². The Bertz CT molecular complexity index is 297. The van der Waals surface area contributed by atoms with E-state index in [0.717, 1.165) is 38.2 Å². The van der Waals surface area contributed by atoms with Crippen molar-refractivity contribution in [1.29, 1.82) is 0 Å². The molecule has 0 aromatic heterocycles. The minimum absolute atomic E-state index is 0.722. The fraction of sp³-hybridized carbons (Fsp3) is 0.538. The average molecular weight is 207 g/mol. The summed E-state index contributed by atoms with van der Waals surface area (Å²) in [5.41, 5.74) is 8.18. The lowest BCUT2D eigenvalue weighted by atomic mass is 10.0. The van der Waals surface area contributed by atoms with Crippen LogP contribution in [-0.2, 0) is 12.8 Å². The summed E-state index contributed by atoms with van der Waals surface area (Å²) in [4.78, 5) is 0. The van der Waals surface area contributed by atoms with Crippen LogP contribution in [0.15, 0.2) is 18.2 Å². The van der Waals surface area contributed by atoms with Crippen molar-refractivity contribution in [3.63, 3.8) is 0 Å². The summed E-state index contributed by atoms with van der Waals surface area (Å²) in [7, 11) is 0. The largest absolute Gasteiger partial charge is 0.493 e. The summed E-state index contributed by atoms with van der Waals surface area (Å²) in [5.74, 6) is 1.06. The quantitative estimate of drug-likeness (QED) is 0.809. The Hall–Kier alpha value is -1.02. The highest BCUT2D eigenvalue weighted by Crippen LogP contribution is 2.25. The van der Waals surface area contributed by atoms with Crippen LogP contribution >= 0.6 is 0 Å². The molecule has 0 amide bonds. The maximum Gasteiger partial charge on any atom is 0.122 e. The van der Waals surface area contributed by atoms with Gasteiger partial charge in [-0.15, -0.1) is 0 Å². The zero-order chi connectivity index (χ0) is 11.1. The van der Waals surface area contributed by atoms with E-state index in [4.69, 9.17) is 10.5 Å². The highest BCUT2D eigenvalue weighted by molar-refractivity contribution is 5.38. The molecule has 0 spiro atoms. The summed E-state index contributed by atoms with van der Waals surface area (Å²) in [6, 6.07) is 6.40. The van der Waals surface area contributed by atoms with E-state index < -0.39 is 0 Å². The van der Waals surface area contributed by atoms with Gasteiger partial charge in [-0.1, -0.05) is 26.0 Å². The van der Waals surface area contributed by atoms with E-state index in [0.29, 0.717) is 0 Å². The Morgan fingerprint density at radius 2 is 2.13 bits per heavy atom. The number of hydrogen-bond donors (Lipinski definition) is 1. The van der Waals surface area contributed by atoms with Crippen molar-refractivity contribution in [2.75, 3.05) is 13.2 Å². The molecule has 1 aromatic rings. The molecule has 1 aliphatic rings. The van der Waals surface area contributed by atoms with Crippen LogP contribution in [0.5, 0.6) is 5.75 Å². The Labute approximate surface area is 92.4 Å². The maximum absolute atomic E-state index is 5.53. The molecule has 2 nitrogen and oxygen atoms in total. The van der Waals surface area contributed by atoms with Crippen molar-refractivity contribution in [1.82, 2.24) is 0 Å². The van der Waals surface area contributed by atoms with E-state index in [9.17, 15) is 0 Å². The summed E-state index contributed by atoms with van der Waals surface area (Å²) in [6.07, 6.45) is 3.25. The second kappa shape index (κ2) is 6.46. The molecule has 0 radical (unpaired) electrons. The SMILES string of the molecule is CC.NCCc1ccc2c(c1)CCCO2.